The summed E-state index contributed by atoms with van der Waals surface area (Å²) in [5, 5.41) is 15.5. The van der Waals surface area contributed by atoms with E-state index in [0.29, 0.717) is 38.1 Å². The molecule has 0 amide bonds. The Kier molecular flexibility index (Phi) is 6.08. The van der Waals surface area contributed by atoms with Crippen molar-refractivity contribution >= 4 is 33.4 Å². The predicted molar refractivity (Wildman–Crippen MR) is 125 cm³/mol. The van der Waals surface area contributed by atoms with Crippen LogP contribution in [0.25, 0.3) is 21.7 Å². The smallest absolute Gasteiger partial charge is 0.408 e. The Balaban J connectivity index is 1.19. The highest BCUT2D eigenvalue weighted by atomic mass is 19.1. The Morgan fingerprint density at radius 2 is 1.76 bits per heavy atom. The Hall–Kier alpha value is -3.63. The normalized spacial score (nSPS) is 15.7. The SMILES string of the molecule is O=c1nc(NCC(O)CN2CCN(c3nccc4ccc(F)cc34)CC2)c2cc(F)ccc2o1. The van der Waals surface area contributed by atoms with E-state index in [4.69, 9.17) is 4.42 Å². The summed E-state index contributed by atoms with van der Waals surface area (Å²) in [6.07, 6.45) is 0.986. The van der Waals surface area contributed by atoms with Gasteiger partial charge in [0.25, 0.3) is 0 Å². The quantitative estimate of drug-likeness (QED) is 0.447. The summed E-state index contributed by atoms with van der Waals surface area (Å²) in [6.45, 7) is 3.32. The molecule has 2 aromatic heterocycles. The first-order valence-electron chi connectivity index (χ1n) is 11.0. The van der Waals surface area contributed by atoms with Gasteiger partial charge >= 0.3 is 5.76 Å². The summed E-state index contributed by atoms with van der Waals surface area (Å²) in [4.78, 5) is 24.2. The molecule has 10 heteroatoms. The van der Waals surface area contributed by atoms with Crippen molar-refractivity contribution in [3.05, 3.63) is 70.8 Å². The molecule has 176 valence electrons. The van der Waals surface area contributed by atoms with Gasteiger partial charge in [0.15, 0.2) is 0 Å². The molecule has 0 radical (unpaired) electrons. The van der Waals surface area contributed by atoms with Gasteiger partial charge in [-0.15, -0.1) is 0 Å². The number of nitrogens with zero attached hydrogens (tertiary/aromatic N) is 4. The van der Waals surface area contributed by atoms with E-state index in [0.717, 1.165) is 16.6 Å². The maximum absolute atomic E-state index is 13.8. The minimum absolute atomic E-state index is 0.131. The van der Waals surface area contributed by atoms with Gasteiger partial charge in [0.2, 0.25) is 0 Å². The molecule has 3 heterocycles. The summed E-state index contributed by atoms with van der Waals surface area (Å²) in [6, 6.07) is 10.4. The van der Waals surface area contributed by atoms with Crippen LogP contribution in [0.3, 0.4) is 0 Å². The monoisotopic (exact) mass is 467 g/mol. The number of fused-ring (bicyclic) bond motifs is 2. The van der Waals surface area contributed by atoms with E-state index in [2.05, 4.69) is 25.1 Å². The van der Waals surface area contributed by atoms with Crippen LogP contribution in [0.2, 0.25) is 0 Å². The van der Waals surface area contributed by atoms with Gasteiger partial charge in [0.05, 0.1) is 11.5 Å². The molecule has 1 unspecified atom stereocenters. The zero-order valence-corrected chi connectivity index (χ0v) is 18.2. The number of halogens is 2. The molecule has 5 rings (SSSR count). The molecule has 0 saturated carbocycles. The first-order chi connectivity index (χ1) is 16.5. The van der Waals surface area contributed by atoms with Crippen LogP contribution in [0.1, 0.15) is 0 Å². The van der Waals surface area contributed by atoms with Crippen molar-refractivity contribution in [3.8, 4) is 0 Å². The third-order valence-electron chi connectivity index (χ3n) is 5.95. The minimum atomic E-state index is -0.797. The van der Waals surface area contributed by atoms with Crippen molar-refractivity contribution in [3.63, 3.8) is 0 Å². The van der Waals surface area contributed by atoms with Gasteiger partial charge in [0.1, 0.15) is 28.9 Å². The van der Waals surface area contributed by atoms with Gasteiger partial charge in [-0.05, 0) is 41.8 Å². The topological polar surface area (TPSA) is 94.7 Å². The van der Waals surface area contributed by atoms with Crippen molar-refractivity contribution < 1.29 is 18.3 Å². The third-order valence-corrected chi connectivity index (χ3v) is 5.95. The van der Waals surface area contributed by atoms with Crippen LogP contribution in [0.15, 0.2) is 57.9 Å². The highest BCUT2D eigenvalue weighted by Gasteiger charge is 2.22. The highest BCUT2D eigenvalue weighted by molar-refractivity contribution is 5.92. The van der Waals surface area contributed by atoms with Crippen molar-refractivity contribution in [2.24, 2.45) is 0 Å². The molecule has 34 heavy (non-hydrogen) atoms. The van der Waals surface area contributed by atoms with Crippen molar-refractivity contribution in [2.75, 3.05) is 49.5 Å². The van der Waals surface area contributed by atoms with E-state index in [-0.39, 0.29) is 23.8 Å². The van der Waals surface area contributed by atoms with E-state index in [1.807, 2.05) is 6.07 Å². The van der Waals surface area contributed by atoms with Crippen molar-refractivity contribution in [1.29, 1.82) is 0 Å². The average Bonchev–Trinajstić information content (AvgIpc) is 2.83. The second-order valence-electron chi connectivity index (χ2n) is 8.29. The number of aliphatic hydroxyl groups excluding tert-OH is 1. The molecule has 2 N–H and O–H groups in total. The van der Waals surface area contributed by atoms with E-state index in [1.165, 1.54) is 30.3 Å². The number of hydrogen-bond donors (Lipinski definition) is 2. The number of rotatable bonds is 6. The number of anilines is 2. The molecule has 2 aromatic carbocycles. The lowest BCUT2D eigenvalue weighted by atomic mass is 10.1. The molecule has 1 aliphatic rings. The number of β-amino-alcohol motifs (C(OH)–C–C–N with tert-alkyl or cyclic N) is 1. The minimum Gasteiger partial charge on any atom is -0.408 e. The molecule has 0 bridgehead atoms. The molecule has 1 aliphatic heterocycles. The van der Waals surface area contributed by atoms with Gasteiger partial charge in [-0.3, -0.25) is 4.90 Å². The van der Waals surface area contributed by atoms with E-state index >= 15 is 0 Å². The van der Waals surface area contributed by atoms with Crippen LogP contribution < -0.4 is 16.0 Å². The predicted octanol–water partition coefficient (Wildman–Crippen LogP) is 2.61. The standard InChI is InChI=1S/C24H23F2N5O3/c25-16-2-1-15-5-6-27-23(19(15)11-16)31-9-7-30(8-10-31)14-18(32)13-28-22-20-12-17(26)3-4-21(20)34-24(33)29-22/h1-6,11-12,18,32H,7-10,13-14H2,(H,28,29,33). The summed E-state index contributed by atoms with van der Waals surface area (Å²) in [7, 11) is 0. The lowest BCUT2D eigenvalue weighted by Crippen LogP contribution is -2.49. The van der Waals surface area contributed by atoms with Gasteiger partial charge in [-0.25, -0.2) is 18.6 Å². The Labute approximate surface area is 193 Å². The van der Waals surface area contributed by atoms with Gasteiger partial charge in [0, 0.05) is 50.9 Å². The van der Waals surface area contributed by atoms with E-state index < -0.39 is 17.7 Å². The van der Waals surface area contributed by atoms with Crippen LogP contribution in [0.5, 0.6) is 0 Å². The van der Waals surface area contributed by atoms with Crippen LogP contribution in [-0.2, 0) is 0 Å². The van der Waals surface area contributed by atoms with Gasteiger partial charge in [-0.2, -0.15) is 4.98 Å². The Morgan fingerprint density at radius 3 is 2.56 bits per heavy atom. The lowest BCUT2D eigenvalue weighted by Gasteiger charge is -2.36. The van der Waals surface area contributed by atoms with Crippen LogP contribution >= 0.6 is 0 Å². The first kappa shape index (κ1) is 22.2. The molecule has 8 nitrogen and oxygen atoms in total. The summed E-state index contributed by atoms with van der Waals surface area (Å²) < 4.78 is 32.4. The first-order valence-corrected chi connectivity index (χ1v) is 11.0. The summed E-state index contributed by atoms with van der Waals surface area (Å²) in [5.41, 5.74) is 0.219. The van der Waals surface area contributed by atoms with Crippen LogP contribution in [0, 0.1) is 11.6 Å². The molecule has 4 aromatic rings. The maximum atomic E-state index is 13.8. The second kappa shape index (κ2) is 9.32. The van der Waals surface area contributed by atoms with Gasteiger partial charge < -0.3 is 19.7 Å². The largest absolute Gasteiger partial charge is 0.441 e. The fourth-order valence-corrected chi connectivity index (χ4v) is 4.28. The molecule has 0 spiro atoms. The fraction of sp³-hybridized carbons (Fsp3) is 0.292. The molecular formula is C24H23F2N5O3. The van der Waals surface area contributed by atoms with Crippen LogP contribution in [0.4, 0.5) is 20.4 Å². The maximum Gasteiger partial charge on any atom is 0.441 e. The average molecular weight is 467 g/mol. The van der Waals surface area contributed by atoms with Crippen molar-refractivity contribution in [1.82, 2.24) is 14.9 Å². The summed E-state index contributed by atoms with van der Waals surface area (Å²) >= 11 is 0. The third kappa shape index (κ3) is 4.68. The van der Waals surface area contributed by atoms with Crippen LogP contribution in [-0.4, -0.2) is 65.3 Å². The van der Waals surface area contributed by atoms with Gasteiger partial charge in [-0.1, -0.05) is 6.07 Å². The lowest BCUT2D eigenvalue weighted by molar-refractivity contribution is 0.118. The highest BCUT2D eigenvalue weighted by Crippen LogP contribution is 2.26. The number of nitrogens with one attached hydrogen (secondary N) is 1. The number of pyridine rings is 1. The molecule has 1 atom stereocenters. The zero-order chi connectivity index (χ0) is 23.7. The fourth-order valence-electron chi connectivity index (χ4n) is 4.28. The Morgan fingerprint density at radius 1 is 1.03 bits per heavy atom. The van der Waals surface area contributed by atoms with E-state index in [9.17, 15) is 18.7 Å². The summed E-state index contributed by atoms with van der Waals surface area (Å²) in [5.74, 6) is -0.643. The number of benzene rings is 2. The number of hydrogen-bond acceptors (Lipinski definition) is 8. The van der Waals surface area contributed by atoms with Crippen molar-refractivity contribution in [2.45, 2.75) is 6.10 Å². The molecule has 0 aliphatic carbocycles. The Bertz CT molecular complexity index is 1390. The number of piperazine rings is 1. The number of aromatic nitrogens is 2. The molecule has 1 saturated heterocycles. The zero-order valence-electron chi connectivity index (χ0n) is 18.2. The molecule has 1 fully saturated rings. The van der Waals surface area contributed by atoms with E-state index in [1.54, 1.807) is 12.3 Å². The second-order valence-corrected chi connectivity index (χ2v) is 8.29. The number of aliphatic hydroxyl groups is 1. The molecular weight excluding hydrogens is 444 g/mol.